The van der Waals surface area contributed by atoms with Gasteiger partial charge < -0.3 is 10.8 Å². The van der Waals surface area contributed by atoms with Gasteiger partial charge in [-0.3, -0.25) is 0 Å². The highest BCUT2D eigenvalue weighted by atomic mass is 35.5. The van der Waals surface area contributed by atoms with Gasteiger partial charge in [0.1, 0.15) is 5.75 Å². The molecule has 1 saturated carbocycles. The Labute approximate surface area is 103 Å². The average molecular weight is 262 g/mol. The van der Waals surface area contributed by atoms with E-state index in [9.17, 15) is 13.9 Å². The van der Waals surface area contributed by atoms with Gasteiger partial charge in [-0.1, -0.05) is 17.7 Å². The molecule has 0 atom stereocenters. The summed E-state index contributed by atoms with van der Waals surface area (Å²) in [6.07, 6.45) is -0.165. The second-order valence-electron chi connectivity index (χ2n) is 4.67. The van der Waals surface area contributed by atoms with Crippen LogP contribution in [0.4, 0.5) is 8.78 Å². The largest absolute Gasteiger partial charge is 0.508 e. The topological polar surface area (TPSA) is 46.2 Å². The van der Waals surface area contributed by atoms with E-state index in [0.717, 1.165) is 0 Å². The molecule has 0 radical (unpaired) electrons. The molecule has 0 saturated heterocycles. The van der Waals surface area contributed by atoms with Crippen molar-refractivity contribution in [3.8, 4) is 5.75 Å². The second kappa shape index (κ2) is 4.10. The number of benzene rings is 1. The molecule has 0 aliphatic heterocycles. The van der Waals surface area contributed by atoms with E-state index < -0.39 is 11.5 Å². The molecule has 94 valence electrons. The van der Waals surface area contributed by atoms with Crippen molar-refractivity contribution in [3.63, 3.8) is 0 Å². The first-order chi connectivity index (χ1) is 7.82. The molecule has 1 aromatic carbocycles. The van der Waals surface area contributed by atoms with Crippen LogP contribution in [0.3, 0.4) is 0 Å². The monoisotopic (exact) mass is 261 g/mol. The highest BCUT2D eigenvalue weighted by molar-refractivity contribution is 6.30. The number of phenolic OH excluding ortho intramolecular Hbond substituents is 1. The molecule has 0 heterocycles. The zero-order valence-electron chi connectivity index (χ0n) is 9.22. The molecule has 2 rings (SSSR count). The van der Waals surface area contributed by atoms with E-state index >= 15 is 0 Å². The fourth-order valence-corrected chi connectivity index (χ4v) is 2.42. The van der Waals surface area contributed by atoms with Crippen LogP contribution in [0.25, 0.3) is 0 Å². The molecular weight excluding hydrogens is 248 g/mol. The van der Waals surface area contributed by atoms with Crippen LogP contribution in [0, 0.1) is 0 Å². The first-order valence-electron chi connectivity index (χ1n) is 5.48. The lowest BCUT2D eigenvalue weighted by atomic mass is 9.76. The molecule has 5 heteroatoms. The maximum absolute atomic E-state index is 13.1. The predicted molar refractivity (Wildman–Crippen MR) is 62.4 cm³/mol. The minimum absolute atomic E-state index is 0.0229. The first kappa shape index (κ1) is 12.6. The zero-order valence-corrected chi connectivity index (χ0v) is 9.97. The van der Waals surface area contributed by atoms with E-state index in [1.54, 1.807) is 12.1 Å². The molecular formula is C12H14ClF2NO. The number of nitrogens with two attached hydrogens (primary N) is 1. The van der Waals surface area contributed by atoms with Gasteiger partial charge in [0.15, 0.2) is 0 Å². The molecule has 1 aromatic rings. The summed E-state index contributed by atoms with van der Waals surface area (Å²) in [6, 6.07) is 4.61. The molecule has 0 spiro atoms. The van der Waals surface area contributed by atoms with Crippen molar-refractivity contribution in [1.29, 1.82) is 0 Å². The average Bonchev–Trinajstić information content (AvgIpc) is 2.23. The maximum Gasteiger partial charge on any atom is 0.248 e. The van der Waals surface area contributed by atoms with Gasteiger partial charge >= 0.3 is 0 Å². The molecule has 1 fully saturated rings. The summed E-state index contributed by atoms with van der Waals surface area (Å²) in [4.78, 5) is 0. The van der Waals surface area contributed by atoms with Crippen molar-refractivity contribution >= 4 is 11.6 Å². The van der Waals surface area contributed by atoms with E-state index in [1.807, 2.05) is 0 Å². The molecule has 0 unspecified atom stereocenters. The molecule has 0 amide bonds. The molecule has 2 nitrogen and oxygen atoms in total. The minimum atomic E-state index is -2.63. The van der Waals surface area contributed by atoms with Crippen LogP contribution < -0.4 is 5.73 Å². The summed E-state index contributed by atoms with van der Waals surface area (Å²) in [5, 5.41) is 10.2. The Morgan fingerprint density at radius 3 is 2.29 bits per heavy atom. The van der Waals surface area contributed by atoms with Gasteiger partial charge in [0.2, 0.25) is 5.92 Å². The summed E-state index contributed by atoms with van der Waals surface area (Å²) in [7, 11) is 0. The van der Waals surface area contributed by atoms with Crippen LogP contribution in [0.2, 0.25) is 5.02 Å². The predicted octanol–water partition coefficient (Wildman–Crippen LogP) is 3.41. The number of hydrogen-bond donors (Lipinski definition) is 2. The molecule has 1 aliphatic carbocycles. The third-order valence-electron chi connectivity index (χ3n) is 3.37. The summed E-state index contributed by atoms with van der Waals surface area (Å²) in [5.74, 6) is -2.66. The third-order valence-corrected chi connectivity index (χ3v) is 3.61. The Bertz CT molecular complexity index is 427. The van der Waals surface area contributed by atoms with Crippen molar-refractivity contribution in [2.45, 2.75) is 37.1 Å². The van der Waals surface area contributed by atoms with Crippen molar-refractivity contribution in [3.05, 3.63) is 28.8 Å². The van der Waals surface area contributed by atoms with Crippen molar-refractivity contribution in [2.75, 3.05) is 0 Å². The Morgan fingerprint density at radius 2 is 1.76 bits per heavy atom. The number of alkyl halides is 2. The lowest BCUT2D eigenvalue weighted by molar-refractivity contribution is -0.0516. The summed E-state index contributed by atoms with van der Waals surface area (Å²) in [5.41, 5.74) is 5.73. The van der Waals surface area contributed by atoms with E-state index in [-0.39, 0.29) is 31.4 Å². The normalized spacial score (nSPS) is 22.4. The van der Waals surface area contributed by atoms with Gasteiger partial charge in [0.25, 0.3) is 0 Å². The van der Waals surface area contributed by atoms with E-state index in [4.69, 9.17) is 17.3 Å². The Kier molecular flexibility index (Phi) is 3.04. The van der Waals surface area contributed by atoms with Gasteiger partial charge in [-0.25, -0.2) is 8.78 Å². The van der Waals surface area contributed by atoms with Crippen LogP contribution in [-0.4, -0.2) is 11.0 Å². The Morgan fingerprint density at radius 1 is 1.18 bits per heavy atom. The summed E-state index contributed by atoms with van der Waals surface area (Å²) < 4.78 is 26.2. The van der Waals surface area contributed by atoms with Crippen molar-refractivity contribution < 1.29 is 13.9 Å². The Hall–Kier alpha value is -0.870. The highest BCUT2D eigenvalue weighted by Gasteiger charge is 2.43. The molecule has 3 N–H and O–H groups in total. The van der Waals surface area contributed by atoms with Gasteiger partial charge in [0.05, 0.1) is 0 Å². The summed E-state index contributed by atoms with van der Waals surface area (Å²) in [6.45, 7) is 0. The third kappa shape index (κ3) is 2.53. The van der Waals surface area contributed by atoms with Crippen LogP contribution in [-0.2, 0) is 5.54 Å². The van der Waals surface area contributed by atoms with Crippen LogP contribution in [0.5, 0.6) is 5.75 Å². The summed E-state index contributed by atoms with van der Waals surface area (Å²) >= 11 is 5.73. The Balaban J connectivity index is 2.27. The van der Waals surface area contributed by atoms with Gasteiger partial charge in [-0.2, -0.15) is 0 Å². The minimum Gasteiger partial charge on any atom is -0.508 e. The standard InChI is InChI=1S/C12H14ClF2NO/c13-8-1-2-9(10(17)7-8)11(16)3-5-12(14,15)6-4-11/h1-2,7,17H,3-6,16H2. The number of hydrogen-bond acceptors (Lipinski definition) is 2. The molecule has 0 aromatic heterocycles. The SMILES string of the molecule is NC1(c2ccc(Cl)cc2O)CCC(F)(F)CC1. The number of phenols is 1. The quantitative estimate of drug-likeness (QED) is 0.814. The fourth-order valence-electron chi connectivity index (χ4n) is 2.26. The van der Waals surface area contributed by atoms with Crippen molar-refractivity contribution in [2.24, 2.45) is 5.73 Å². The van der Waals surface area contributed by atoms with Gasteiger partial charge in [-0.05, 0) is 25.0 Å². The van der Waals surface area contributed by atoms with E-state index in [0.29, 0.717) is 10.6 Å². The van der Waals surface area contributed by atoms with E-state index in [1.165, 1.54) is 6.07 Å². The zero-order chi connectivity index (χ0) is 12.7. The lowest BCUT2D eigenvalue weighted by Gasteiger charge is -2.37. The first-order valence-corrected chi connectivity index (χ1v) is 5.86. The second-order valence-corrected chi connectivity index (χ2v) is 5.11. The molecule has 0 bridgehead atoms. The lowest BCUT2D eigenvalue weighted by Crippen LogP contribution is -2.43. The molecule has 1 aliphatic rings. The highest BCUT2D eigenvalue weighted by Crippen LogP contribution is 2.44. The fraction of sp³-hybridized carbons (Fsp3) is 0.500. The maximum atomic E-state index is 13.1. The number of halogens is 3. The van der Waals surface area contributed by atoms with Crippen LogP contribution >= 0.6 is 11.6 Å². The molecule has 17 heavy (non-hydrogen) atoms. The van der Waals surface area contributed by atoms with Gasteiger partial charge in [0, 0.05) is 29.0 Å². The van der Waals surface area contributed by atoms with Gasteiger partial charge in [-0.15, -0.1) is 0 Å². The van der Waals surface area contributed by atoms with Crippen LogP contribution in [0.15, 0.2) is 18.2 Å². The smallest absolute Gasteiger partial charge is 0.248 e. The number of aromatic hydroxyl groups is 1. The van der Waals surface area contributed by atoms with Crippen LogP contribution in [0.1, 0.15) is 31.2 Å². The van der Waals surface area contributed by atoms with Crippen molar-refractivity contribution in [1.82, 2.24) is 0 Å². The van der Waals surface area contributed by atoms with E-state index in [2.05, 4.69) is 0 Å². The number of rotatable bonds is 1.